The molecule has 0 heterocycles. The normalized spacial score (nSPS) is 10.8. The van der Waals surface area contributed by atoms with Gasteiger partial charge in [-0.15, -0.1) is 0 Å². The van der Waals surface area contributed by atoms with Crippen molar-refractivity contribution in [2.24, 2.45) is 0 Å². The fourth-order valence-corrected chi connectivity index (χ4v) is 2.62. The van der Waals surface area contributed by atoms with Gasteiger partial charge in [-0.05, 0) is 0 Å². The zero-order valence-electron chi connectivity index (χ0n) is 11.5. The maximum Gasteiger partial charge on any atom is 0.466 e. The number of unbranched alkanes of at least 4 members (excludes halogenated alkanes) is 4. The molecule has 0 aromatic heterocycles. The molecular weight excluding hydrogens is 317 g/mol. The third kappa shape index (κ3) is 14.2. The van der Waals surface area contributed by atoms with Gasteiger partial charge in [0.1, 0.15) is 0 Å². The second kappa shape index (κ2) is 10.7. The largest absolute Gasteiger partial charge is 0.466 e. The van der Waals surface area contributed by atoms with E-state index in [9.17, 15) is 0 Å². The van der Waals surface area contributed by atoms with E-state index in [1.54, 1.807) is 9.72 Å². The number of hydrogen-bond acceptors (Lipinski definition) is 1. The van der Waals surface area contributed by atoms with Crippen LogP contribution in [0.15, 0.2) is 24.3 Å². The minimum absolute atomic E-state index is 1.29. The molecule has 4 nitrogen and oxygen atoms in total. The van der Waals surface area contributed by atoms with Crippen LogP contribution < -0.4 is 4.16 Å². The Labute approximate surface area is 125 Å². The average molecular weight is 339 g/mol. The molecule has 0 aliphatic heterocycles. The van der Waals surface area contributed by atoms with E-state index >= 15 is 0 Å². The molecule has 3 N–H and O–H groups in total. The zero-order chi connectivity index (χ0) is 14.7. The van der Waals surface area contributed by atoms with Crippen LogP contribution in [-0.4, -0.2) is 14.7 Å². The van der Waals surface area contributed by atoms with Crippen LogP contribution in [0.25, 0.3) is 0 Å². The summed E-state index contributed by atoms with van der Waals surface area (Å²) in [6, 6.07) is 8.87. The molecule has 0 amide bonds. The van der Waals surface area contributed by atoms with Gasteiger partial charge in [0.15, 0.2) is 0 Å². The van der Waals surface area contributed by atoms with Crippen molar-refractivity contribution in [2.45, 2.75) is 45.4 Å². The molecule has 105 valence electrons. The van der Waals surface area contributed by atoms with Crippen LogP contribution in [0.2, 0.25) is 0 Å². The molecule has 1 rings (SSSR count). The smallest absolute Gasteiger partial charge is 0.303 e. The molecule has 0 fully saturated rings. The molecule has 0 radical (unpaired) electrons. The van der Waals surface area contributed by atoms with Crippen molar-refractivity contribution < 1.29 is 37.5 Å². The second-order valence-corrected chi connectivity index (χ2v) is 7.07. The first-order valence-corrected chi connectivity index (χ1v) is 9.57. The number of rotatable bonds is 6. The third-order valence-electron chi connectivity index (χ3n) is 2.67. The summed E-state index contributed by atoms with van der Waals surface area (Å²) in [6.45, 7) is 2.27. The molecule has 0 saturated heterocycles. The van der Waals surface area contributed by atoms with Gasteiger partial charge in [-0.25, -0.2) is 4.57 Å². The molecule has 19 heavy (non-hydrogen) atoms. The molecule has 6 heteroatoms. The van der Waals surface area contributed by atoms with Gasteiger partial charge in [0, 0.05) is 0 Å². The molecule has 1 aromatic carbocycles. The number of phosphoric acid groups is 1. The maximum absolute atomic E-state index is 8.88. The van der Waals surface area contributed by atoms with E-state index < -0.39 is 7.82 Å². The molecule has 0 bridgehead atoms. The molecule has 0 saturated carbocycles. The number of aryl methyl sites for hydroxylation is 1. The minimum atomic E-state index is -4.64. The summed E-state index contributed by atoms with van der Waals surface area (Å²) in [5.74, 6) is 0. The van der Waals surface area contributed by atoms with E-state index in [0.717, 1.165) is 0 Å². The van der Waals surface area contributed by atoms with E-state index in [0.29, 0.717) is 0 Å². The fraction of sp³-hybridized carbons (Fsp3) is 0.538. The second-order valence-electron chi connectivity index (χ2n) is 4.45. The van der Waals surface area contributed by atoms with Crippen LogP contribution in [-0.2, 0) is 29.3 Å². The predicted molar refractivity (Wildman–Crippen MR) is 72.8 cm³/mol. The molecule has 0 atom stereocenters. The summed E-state index contributed by atoms with van der Waals surface area (Å²) < 4.78 is 10.5. The van der Waals surface area contributed by atoms with Gasteiger partial charge in [-0.1, -0.05) is 0 Å². The molecule has 0 aliphatic rings. The van der Waals surface area contributed by atoms with Gasteiger partial charge < -0.3 is 14.7 Å². The van der Waals surface area contributed by atoms with Gasteiger partial charge in [-0.3, -0.25) is 0 Å². The Kier molecular flexibility index (Phi) is 10.7. The maximum atomic E-state index is 8.88. The van der Waals surface area contributed by atoms with Crippen LogP contribution in [0.1, 0.15) is 44.6 Å². The summed E-state index contributed by atoms with van der Waals surface area (Å²) in [5, 5.41) is 0. The predicted octanol–water partition coefficient (Wildman–Crippen LogP) is 2.44. The quantitative estimate of drug-likeness (QED) is 0.423. The van der Waals surface area contributed by atoms with Crippen LogP contribution in [0.4, 0.5) is 0 Å². The standard InChI is InChI=1S/C13H19.H3O4P.Zn/c1-2-3-4-5-7-10-13-11-8-6-9-12-13;1-5(2,3)4;/h6,8-9,11H,2-5,7,10H2,1H3;(H3,1,2,3,4);. The summed E-state index contributed by atoms with van der Waals surface area (Å²) in [4.78, 5) is 21.6. The van der Waals surface area contributed by atoms with E-state index in [1.165, 1.54) is 56.8 Å². The van der Waals surface area contributed by atoms with Crippen molar-refractivity contribution in [3.05, 3.63) is 29.8 Å². The zero-order valence-corrected chi connectivity index (χ0v) is 15.3. The van der Waals surface area contributed by atoms with Crippen LogP contribution in [0, 0.1) is 0 Å². The van der Waals surface area contributed by atoms with Crippen molar-refractivity contribution in [3.63, 3.8) is 0 Å². The molecule has 0 unspecified atom stereocenters. The third-order valence-corrected chi connectivity index (χ3v) is 4.12. The van der Waals surface area contributed by atoms with Crippen LogP contribution in [0.3, 0.4) is 0 Å². The first kappa shape index (κ1) is 19.0. The Balaban J connectivity index is 0.000000555. The van der Waals surface area contributed by atoms with Crippen LogP contribution in [0.5, 0.6) is 0 Å². The minimum Gasteiger partial charge on any atom is -0.303 e. The molecule has 0 aliphatic carbocycles. The summed E-state index contributed by atoms with van der Waals surface area (Å²) in [6.07, 6.45) is 8.23. The van der Waals surface area contributed by atoms with Gasteiger partial charge in [0.2, 0.25) is 0 Å². The van der Waals surface area contributed by atoms with Crippen molar-refractivity contribution in [3.8, 4) is 0 Å². The summed E-state index contributed by atoms with van der Waals surface area (Å²) in [5.41, 5.74) is 1.59. The molecular formula is C13H22O4PZn. The monoisotopic (exact) mass is 337 g/mol. The van der Waals surface area contributed by atoms with Gasteiger partial charge in [-0.2, -0.15) is 0 Å². The van der Waals surface area contributed by atoms with E-state index in [2.05, 4.69) is 31.2 Å². The first-order valence-electron chi connectivity index (χ1n) is 6.52. The van der Waals surface area contributed by atoms with Crippen molar-refractivity contribution in [2.75, 3.05) is 0 Å². The van der Waals surface area contributed by atoms with Crippen LogP contribution >= 0.6 is 7.82 Å². The Morgan fingerprint density at radius 2 is 1.58 bits per heavy atom. The Bertz CT molecular complexity index is 384. The number of benzene rings is 1. The Hall–Kier alpha value is -0.0466. The van der Waals surface area contributed by atoms with Gasteiger partial charge in [0.25, 0.3) is 0 Å². The average Bonchev–Trinajstić information content (AvgIpc) is 2.29. The molecule has 1 aromatic rings. The van der Waals surface area contributed by atoms with E-state index in [-0.39, 0.29) is 0 Å². The first-order chi connectivity index (χ1) is 8.84. The van der Waals surface area contributed by atoms with E-state index in [1.807, 2.05) is 0 Å². The van der Waals surface area contributed by atoms with Crippen molar-refractivity contribution >= 4 is 12.0 Å². The fourth-order valence-electron chi connectivity index (χ4n) is 1.72. The Morgan fingerprint density at radius 1 is 1.05 bits per heavy atom. The topological polar surface area (TPSA) is 77.8 Å². The van der Waals surface area contributed by atoms with Gasteiger partial charge in [0.05, 0.1) is 0 Å². The molecule has 0 spiro atoms. The van der Waals surface area contributed by atoms with Gasteiger partial charge >= 0.3 is 106 Å². The summed E-state index contributed by atoms with van der Waals surface area (Å²) >= 11 is 1.30. The summed E-state index contributed by atoms with van der Waals surface area (Å²) in [7, 11) is -4.64. The van der Waals surface area contributed by atoms with Crippen molar-refractivity contribution in [1.82, 2.24) is 0 Å². The Morgan fingerprint density at radius 3 is 2.11 bits per heavy atom. The SMILES string of the molecule is CCCCCCCc1cccc[c]1[Zn].O=P(O)(O)O. The number of hydrogen-bond donors (Lipinski definition) is 3. The van der Waals surface area contributed by atoms with Crippen molar-refractivity contribution in [1.29, 1.82) is 0 Å². The van der Waals surface area contributed by atoms with E-state index in [4.69, 9.17) is 19.2 Å².